The first-order valence-electron chi connectivity index (χ1n) is 16.9. The summed E-state index contributed by atoms with van der Waals surface area (Å²) in [5.74, 6) is -3.35. The Labute approximate surface area is 302 Å². The Bertz CT molecular complexity index is 1730. The Morgan fingerprint density at radius 3 is 2.19 bits per heavy atom. The van der Waals surface area contributed by atoms with Gasteiger partial charge in [0.25, 0.3) is 5.91 Å². The van der Waals surface area contributed by atoms with Crippen molar-refractivity contribution in [3.05, 3.63) is 66.0 Å². The van der Waals surface area contributed by atoms with E-state index in [0.29, 0.717) is 48.3 Å². The fourth-order valence-corrected chi connectivity index (χ4v) is 5.93. The lowest BCUT2D eigenvalue weighted by atomic mass is 9.95. The normalized spacial score (nSPS) is 16.9. The van der Waals surface area contributed by atoms with Crippen LogP contribution in [0, 0.1) is 0 Å². The van der Waals surface area contributed by atoms with E-state index < -0.39 is 30.2 Å². The van der Waals surface area contributed by atoms with Gasteiger partial charge in [-0.1, -0.05) is 36.4 Å². The molecule has 0 bridgehead atoms. The molecule has 3 aromatic rings. The van der Waals surface area contributed by atoms with Gasteiger partial charge in [-0.05, 0) is 69.5 Å². The molecule has 0 unspecified atom stereocenters. The highest BCUT2D eigenvalue weighted by Crippen LogP contribution is 2.41. The average Bonchev–Trinajstić information content (AvgIpc) is 3.46. The van der Waals surface area contributed by atoms with Crippen molar-refractivity contribution in [3.63, 3.8) is 0 Å². The second-order valence-electron chi connectivity index (χ2n) is 13.8. The number of rotatable bonds is 9. The van der Waals surface area contributed by atoms with Crippen LogP contribution in [-0.2, 0) is 16.1 Å². The number of alkyl carbamates (subject to hydrolysis) is 1. The van der Waals surface area contributed by atoms with Crippen LogP contribution in [-0.4, -0.2) is 102 Å². The lowest BCUT2D eigenvalue weighted by Crippen LogP contribution is -2.43. The number of piperazine rings is 1. The highest BCUT2D eigenvalue weighted by molar-refractivity contribution is 6.05. The number of carbonyl (C=O) groups excluding carboxylic acids is 2. The molecule has 0 radical (unpaired) electrons. The van der Waals surface area contributed by atoms with Gasteiger partial charge in [0, 0.05) is 63.1 Å². The molecule has 2 amide bonds. The van der Waals surface area contributed by atoms with Gasteiger partial charge in [-0.15, -0.1) is 13.2 Å². The Morgan fingerprint density at radius 1 is 0.962 bits per heavy atom. The summed E-state index contributed by atoms with van der Waals surface area (Å²) in [5, 5.41) is 12.9. The summed E-state index contributed by atoms with van der Waals surface area (Å²) in [4.78, 5) is 39.1. The minimum atomic E-state index is -5.08. The average molecular weight is 756 g/mol. The molecule has 53 heavy (non-hydrogen) atoms. The lowest BCUT2D eigenvalue weighted by Gasteiger charge is -2.32. The number of carboxylic acids is 1. The molecule has 1 aromatic heterocycles. The summed E-state index contributed by atoms with van der Waals surface area (Å²) in [6.07, 6.45) is -7.30. The maximum absolute atomic E-state index is 13.4. The molecule has 1 atom stereocenters. The van der Waals surface area contributed by atoms with E-state index in [-0.39, 0.29) is 17.7 Å². The van der Waals surface area contributed by atoms with E-state index in [1.165, 1.54) is 18.2 Å². The number of nitrogens with one attached hydrogen (secondary N) is 2. The Morgan fingerprint density at radius 2 is 1.60 bits per heavy atom. The molecule has 290 valence electrons. The third-order valence-corrected chi connectivity index (χ3v) is 8.39. The van der Waals surface area contributed by atoms with E-state index in [4.69, 9.17) is 14.6 Å². The maximum Gasteiger partial charge on any atom is 0.573 e. The van der Waals surface area contributed by atoms with Crippen LogP contribution < -0.4 is 15.4 Å². The zero-order chi connectivity index (χ0) is 39.1. The number of nitrogens with zero attached hydrogens (tertiary/aromatic N) is 3. The molecule has 0 saturated carbocycles. The van der Waals surface area contributed by atoms with Gasteiger partial charge < -0.3 is 34.7 Å². The van der Waals surface area contributed by atoms with E-state index in [0.717, 1.165) is 43.9 Å². The molecule has 17 heteroatoms. The van der Waals surface area contributed by atoms with Gasteiger partial charge >= 0.3 is 24.6 Å². The minimum absolute atomic E-state index is 0.133. The fourth-order valence-electron chi connectivity index (χ4n) is 5.93. The molecule has 5 rings (SSSR count). The van der Waals surface area contributed by atoms with Crippen LogP contribution in [0.3, 0.4) is 0 Å². The zero-order valence-electron chi connectivity index (χ0n) is 29.7. The van der Waals surface area contributed by atoms with Gasteiger partial charge in [0.1, 0.15) is 17.0 Å². The smallest absolute Gasteiger partial charge is 0.475 e. The van der Waals surface area contributed by atoms with Crippen molar-refractivity contribution in [3.8, 4) is 28.0 Å². The molecule has 2 aliphatic heterocycles. The van der Waals surface area contributed by atoms with Crippen LogP contribution in [0.2, 0.25) is 0 Å². The number of fused-ring (bicyclic) bond motifs is 1. The van der Waals surface area contributed by atoms with Gasteiger partial charge in [0.15, 0.2) is 0 Å². The number of aromatic nitrogens is 1. The topological polar surface area (TPSA) is 125 Å². The minimum Gasteiger partial charge on any atom is -0.475 e. The number of hydrogen-bond donors (Lipinski definition) is 3. The number of benzene rings is 2. The molecule has 1 saturated heterocycles. The van der Waals surface area contributed by atoms with Crippen molar-refractivity contribution in [1.82, 2.24) is 25.0 Å². The summed E-state index contributed by atoms with van der Waals surface area (Å²) in [7, 11) is 2.12. The molecule has 3 heterocycles. The summed E-state index contributed by atoms with van der Waals surface area (Å²) in [6, 6.07) is 13.7. The van der Waals surface area contributed by atoms with E-state index in [2.05, 4.69) is 32.2 Å². The van der Waals surface area contributed by atoms with E-state index >= 15 is 0 Å². The number of aliphatic carboxylic acids is 1. The number of halogens is 6. The van der Waals surface area contributed by atoms with Gasteiger partial charge in [0.05, 0.1) is 6.04 Å². The summed E-state index contributed by atoms with van der Waals surface area (Å²) in [5.41, 5.74) is 3.54. The van der Waals surface area contributed by atoms with Crippen molar-refractivity contribution in [2.75, 3.05) is 46.3 Å². The molecular formula is C36H43F6N5O6. The van der Waals surface area contributed by atoms with Crippen LogP contribution in [0.15, 0.2) is 54.7 Å². The van der Waals surface area contributed by atoms with Crippen molar-refractivity contribution in [1.29, 1.82) is 0 Å². The van der Waals surface area contributed by atoms with Crippen LogP contribution in [0.5, 0.6) is 5.75 Å². The largest absolute Gasteiger partial charge is 0.573 e. The molecule has 2 aliphatic rings. The second-order valence-corrected chi connectivity index (χ2v) is 13.8. The molecule has 3 N–H and O–H groups in total. The van der Waals surface area contributed by atoms with Gasteiger partial charge in [-0.3, -0.25) is 9.69 Å². The Kier molecular flexibility index (Phi) is 13.1. The standard InChI is InChI=1S/C34H42F3N5O4.C2HF3O2/c1-33(2,3)46-32(44)38-14-6-8-26-20-39-31(43)30-29(24-12-10-23(11-13-24)21-41-17-15-40(4)16-18-41)28(22-42(26)30)25-7-5-9-27(19-25)45-34(35,36)37;3-2(4,5)1(6)7/h5,7,9-13,19,22,26H,6,8,14-18,20-21H2,1-4H3,(H,38,44)(H,39,43);(H,6,7)/t26-;/m0./s1. The first kappa shape index (κ1) is 41.0. The van der Waals surface area contributed by atoms with Gasteiger partial charge in [-0.2, -0.15) is 13.2 Å². The molecule has 0 spiro atoms. The molecule has 2 aromatic carbocycles. The number of carboxylic acid groups (broad SMARTS) is 1. The van der Waals surface area contributed by atoms with Gasteiger partial charge in [-0.25, -0.2) is 9.59 Å². The molecule has 1 fully saturated rings. The first-order valence-corrected chi connectivity index (χ1v) is 16.9. The Balaban J connectivity index is 0.000000815. The summed E-state index contributed by atoms with van der Waals surface area (Å²) in [6.45, 7) is 11.0. The predicted molar refractivity (Wildman–Crippen MR) is 183 cm³/mol. The maximum atomic E-state index is 13.4. The second kappa shape index (κ2) is 16.9. The van der Waals surface area contributed by atoms with Crippen molar-refractivity contribution in [2.45, 2.75) is 64.3 Å². The third-order valence-electron chi connectivity index (χ3n) is 8.39. The molecule has 11 nitrogen and oxygen atoms in total. The van der Waals surface area contributed by atoms with Crippen molar-refractivity contribution >= 4 is 18.0 Å². The lowest BCUT2D eigenvalue weighted by molar-refractivity contribution is -0.274. The quantitative estimate of drug-likeness (QED) is 0.163. The van der Waals surface area contributed by atoms with Crippen LogP contribution in [0.25, 0.3) is 22.3 Å². The van der Waals surface area contributed by atoms with Crippen LogP contribution >= 0.6 is 0 Å². The van der Waals surface area contributed by atoms with E-state index in [1.807, 2.05) is 35.0 Å². The van der Waals surface area contributed by atoms with E-state index in [9.17, 15) is 35.9 Å². The number of likely N-dealkylation sites (N-methyl/N-ethyl adjacent to an activating group) is 1. The van der Waals surface area contributed by atoms with Crippen molar-refractivity contribution < 1.29 is 55.3 Å². The number of alkyl halides is 6. The highest BCUT2D eigenvalue weighted by Gasteiger charge is 2.38. The summed E-state index contributed by atoms with van der Waals surface area (Å²) >= 11 is 0. The van der Waals surface area contributed by atoms with Gasteiger partial charge in [0.2, 0.25) is 0 Å². The SMILES string of the molecule is CN1CCN(Cc2ccc(-c3c(-c4cccc(OC(F)(F)F)c4)cn4c3C(=O)NC[C@@H]4CCCNC(=O)OC(C)(C)C)cc2)CC1.O=C(O)C(F)(F)F. The zero-order valence-corrected chi connectivity index (χ0v) is 29.7. The van der Waals surface area contributed by atoms with E-state index in [1.54, 1.807) is 26.8 Å². The molecular weight excluding hydrogens is 712 g/mol. The highest BCUT2D eigenvalue weighted by atomic mass is 19.4. The molecule has 0 aliphatic carbocycles. The van der Waals surface area contributed by atoms with Crippen LogP contribution in [0.1, 0.15) is 55.7 Å². The number of hydrogen-bond acceptors (Lipinski definition) is 7. The predicted octanol–water partition coefficient (Wildman–Crippen LogP) is 6.69. The third kappa shape index (κ3) is 12.1. The van der Waals surface area contributed by atoms with Crippen molar-refractivity contribution in [2.24, 2.45) is 0 Å². The monoisotopic (exact) mass is 755 g/mol. The first-order chi connectivity index (χ1) is 24.7. The van der Waals surface area contributed by atoms with Crippen LogP contribution in [0.4, 0.5) is 31.1 Å². The number of ether oxygens (including phenoxy) is 2. The Hall–Kier alpha value is -4.77. The fraction of sp³-hybridized carbons (Fsp3) is 0.472. The number of carbonyl (C=O) groups is 3. The number of amides is 2. The summed E-state index contributed by atoms with van der Waals surface area (Å²) < 4.78 is 82.5.